The van der Waals surface area contributed by atoms with Gasteiger partial charge >= 0.3 is 0 Å². The van der Waals surface area contributed by atoms with E-state index in [1.54, 1.807) is 0 Å². The van der Waals surface area contributed by atoms with Gasteiger partial charge in [0.25, 0.3) is 5.56 Å². The molecule has 0 aliphatic carbocycles. The average molecular weight is 364 g/mol. The molecule has 0 atom stereocenters. The standard InChI is InChI=1S/C22H24N2O3/c1-24(2)13-6-3-7-14-26-18-12-8-11-17-19-21(27-20(17)18)15-9-4-5-10-16(15)22(25)23-19/h4-5,8-12H,3,6-7,13-14H2,1-2H3,(H,23,25). The second-order valence-corrected chi connectivity index (χ2v) is 7.15. The first kappa shape index (κ1) is 17.6. The Kier molecular flexibility index (Phi) is 4.86. The van der Waals surface area contributed by atoms with E-state index in [9.17, 15) is 4.79 Å². The van der Waals surface area contributed by atoms with E-state index in [1.165, 1.54) is 6.42 Å². The van der Waals surface area contributed by atoms with Gasteiger partial charge in [-0.1, -0.05) is 24.3 Å². The fraction of sp³-hybridized carbons (Fsp3) is 0.318. The molecule has 4 rings (SSSR count). The Bertz CT molecular complexity index is 1140. The van der Waals surface area contributed by atoms with E-state index in [1.807, 2.05) is 42.5 Å². The lowest BCUT2D eigenvalue weighted by Gasteiger charge is -2.09. The van der Waals surface area contributed by atoms with Crippen LogP contribution in [0.15, 0.2) is 51.7 Å². The summed E-state index contributed by atoms with van der Waals surface area (Å²) in [4.78, 5) is 17.6. The van der Waals surface area contributed by atoms with E-state index in [-0.39, 0.29) is 5.56 Å². The van der Waals surface area contributed by atoms with Crippen LogP contribution in [0.25, 0.3) is 32.8 Å². The number of benzene rings is 2. The topological polar surface area (TPSA) is 58.5 Å². The molecule has 27 heavy (non-hydrogen) atoms. The molecule has 4 aromatic rings. The molecule has 0 unspecified atom stereocenters. The van der Waals surface area contributed by atoms with Crippen molar-refractivity contribution >= 4 is 32.8 Å². The molecule has 2 aromatic carbocycles. The molecule has 5 heteroatoms. The lowest BCUT2D eigenvalue weighted by molar-refractivity contribution is 0.299. The second kappa shape index (κ2) is 7.45. The minimum absolute atomic E-state index is 0.104. The highest BCUT2D eigenvalue weighted by Gasteiger charge is 2.15. The number of pyridine rings is 1. The molecule has 5 nitrogen and oxygen atoms in total. The van der Waals surface area contributed by atoms with Crippen LogP contribution in [-0.2, 0) is 0 Å². The number of nitrogens with zero attached hydrogens (tertiary/aromatic N) is 1. The maximum Gasteiger partial charge on any atom is 0.256 e. The van der Waals surface area contributed by atoms with E-state index in [0.29, 0.717) is 23.2 Å². The molecule has 2 heterocycles. The summed E-state index contributed by atoms with van der Waals surface area (Å²) in [5.41, 5.74) is 2.01. The van der Waals surface area contributed by atoms with Crippen LogP contribution in [0.4, 0.5) is 0 Å². The van der Waals surface area contributed by atoms with E-state index in [4.69, 9.17) is 9.15 Å². The molecule has 0 aliphatic heterocycles. The van der Waals surface area contributed by atoms with Crippen LogP contribution in [0.3, 0.4) is 0 Å². The SMILES string of the molecule is CN(C)CCCCCOc1cccc2c1oc1c3ccccc3c(=O)[nH]c21. The number of H-pyrrole nitrogens is 1. The van der Waals surface area contributed by atoms with Crippen molar-refractivity contribution in [3.8, 4) is 5.75 Å². The monoisotopic (exact) mass is 364 g/mol. The van der Waals surface area contributed by atoms with Gasteiger partial charge in [0.15, 0.2) is 16.9 Å². The van der Waals surface area contributed by atoms with E-state index < -0.39 is 0 Å². The Balaban J connectivity index is 1.64. The summed E-state index contributed by atoms with van der Waals surface area (Å²) in [6.07, 6.45) is 3.30. The maximum atomic E-state index is 12.4. The zero-order valence-electron chi connectivity index (χ0n) is 15.7. The Morgan fingerprint density at radius 1 is 0.926 bits per heavy atom. The molecule has 0 spiro atoms. The Morgan fingerprint density at radius 2 is 1.70 bits per heavy atom. The molecule has 0 bridgehead atoms. The zero-order chi connectivity index (χ0) is 18.8. The lowest BCUT2D eigenvalue weighted by atomic mass is 10.1. The number of aromatic amines is 1. The fourth-order valence-corrected chi connectivity index (χ4v) is 3.47. The van der Waals surface area contributed by atoms with Crippen LogP contribution < -0.4 is 10.3 Å². The van der Waals surface area contributed by atoms with Gasteiger partial charge in [0, 0.05) is 10.8 Å². The summed E-state index contributed by atoms with van der Waals surface area (Å²) in [6, 6.07) is 13.3. The minimum atomic E-state index is -0.104. The summed E-state index contributed by atoms with van der Waals surface area (Å²) in [7, 11) is 4.18. The fourth-order valence-electron chi connectivity index (χ4n) is 3.47. The molecular weight excluding hydrogens is 340 g/mol. The molecule has 1 N–H and O–H groups in total. The van der Waals surface area contributed by atoms with Crippen LogP contribution in [-0.4, -0.2) is 37.1 Å². The third kappa shape index (κ3) is 3.43. The third-order valence-corrected chi connectivity index (χ3v) is 4.84. The number of furan rings is 1. The predicted molar refractivity (Wildman–Crippen MR) is 110 cm³/mol. The van der Waals surface area contributed by atoms with Gasteiger partial charge in [-0.3, -0.25) is 4.79 Å². The quantitative estimate of drug-likeness (QED) is 0.489. The molecule has 140 valence electrons. The summed E-state index contributed by atoms with van der Waals surface area (Å²) in [6.45, 7) is 1.75. The van der Waals surface area contributed by atoms with E-state index in [0.717, 1.165) is 41.4 Å². The smallest absolute Gasteiger partial charge is 0.256 e. The average Bonchev–Trinajstić information content (AvgIpc) is 3.04. The van der Waals surface area contributed by atoms with Crippen LogP contribution in [0.1, 0.15) is 19.3 Å². The molecule has 0 saturated carbocycles. The van der Waals surface area contributed by atoms with Gasteiger partial charge < -0.3 is 19.0 Å². The second-order valence-electron chi connectivity index (χ2n) is 7.15. The third-order valence-electron chi connectivity index (χ3n) is 4.84. The van der Waals surface area contributed by atoms with Gasteiger partial charge in [0.1, 0.15) is 0 Å². The summed E-state index contributed by atoms with van der Waals surface area (Å²) in [5, 5.41) is 2.33. The van der Waals surface area contributed by atoms with Crippen LogP contribution >= 0.6 is 0 Å². The van der Waals surface area contributed by atoms with Gasteiger partial charge in [0.05, 0.1) is 17.5 Å². The van der Waals surface area contributed by atoms with Crippen molar-refractivity contribution in [2.45, 2.75) is 19.3 Å². The molecule has 0 saturated heterocycles. The Morgan fingerprint density at radius 3 is 2.52 bits per heavy atom. The largest absolute Gasteiger partial charge is 0.490 e. The van der Waals surface area contributed by atoms with Crippen molar-refractivity contribution in [3.63, 3.8) is 0 Å². The molecule has 0 fully saturated rings. The first-order valence-electron chi connectivity index (χ1n) is 9.39. The zero-order valence-corrected chi connectivity index (χ0v) is 15.7. The highest BCUT2D eigenvalue weighted by atomic mass is 16.5. The highest BCUT2D eigenvalue weighted by Crippen LogP contribution is 2.35. The lowest BCUT2D eigenvalue weighted by Crippen LogP contribution is -2.13. The van der Waals surface area contributed by atoms with Gasteiger partial charge in [0.2, 0.25) is 0 Å². The number of ether oxygens (including phenoxy) is 1. The molecule has 2 aromatic heterocycles. The van der Waals surface area contributed by atoms with Gasteiger partial charge in [-0.2, -0.15) is 0 Å². The van der Waals surface area contributed by atoms with Crippen LogP contribution in [0, 0.1) is 0 Å². The number of nitrogens with one attached hydrogen (secondary N) is 1. The first-order valence-corrected chi connectivity index (χ1v) is 9.39. The number of fused-ring (bicyclic) bond motifs is 5. The number of unbranched alkanes of at least 4 members (excludes halogenated alkanes) is 2. The molecule has 0 aliphatic rings. The molecule has 0 radical (unpaired) electrons. The van der Waals surface area contributed by atoms with E-state index >= 15 is 0 Å². The number of para-hydroxylation sites is 1. The van der Waals surface area contributed by atoms with Crippen molar-refractivity contribution < 1.29 is 9.15 Å². The van der Waals surface area contributed by atoms with Crippen molar-refractivity contribution in [2.75, 3.05) is 27.2 Å². The van der Waals surface area contributed by atoms with Crippen LogP contribution in [0.5, 0.6) is 5.75 Å². The maximum absolute atomic E-state index is 12.4. The van der Waals surface area contributed by atoms with Gasteiger partial charge in [-0.15, -0.1) is 0 Å². The van der Waals surface area contributed by atoms with E-state index in [2.05, 4.69) is 24.0 Å². The summed E-state index contributed by atoms with van der Waals surface area (Å²) in [5.74, 6) is 0.723. The van der Waals surface area contributed by atoms with Crippen molar-refractivity contribution in [1.82, 2.24) is 9.88 Å². The van der Waals surface area contributed by atoms with Crippen molar-refractivity contribution in [3.05, 3.63) is 52.8 Å². The van der Waals surface area contributed by atoms with Crippen molar-refractivity contribution in [1.29, 1.82) is 0 Å². The number of rotatable bonds is 7. The summed E-state index contributed by atoms with van der Waals surface area (Å²) < 4.78 is 12.2. The van der Waals surface area contributed by atoms with Crippen LogP contribution in [0.2, 0.25) is 0 Å². The van der Waals surface area contributed by atoms with Gasteiger partial charge in [-0.05, 0) is 58.1 Å². The predicted octanol–water partition coefficient (Wildman–Crippen LogP) is 4.54. The summed E-state index contributed by atoms with van der Waals surface area (Å²) >= 11 is 0. The molecular formula is C22H24N2O3. The number of hydrogen-bond donors (Lipinski definition) is 1. The normalized spacial score (nSPS) is 11.8. The number of aromatic nitrogens is 1. The number of hydrogen-bond acceptors (Lipinski definition) is 4. The van der Waals surface area contributed by atoms with Crippen molar-refractivity contribution in [2.24, 2.45) is 0 Å². The Labute approximate surface area is 157 Å². The van der Waals surface area contributed by atoms with Gasteiger partial charge in [-0.25, -0.2) is 0 Å². The minimum Gasteiger partial charge on any atom is -0.490 e. The highest BCUT2D eigenvalue weighted by molar-refractivity contribution is 6.13. The molecule has 0 amide bonds. The Hall–Kier alpha value is -2.79. The first-order chi connectivity index (χ1) is 13.1.